The molecule has 1 aromatic carbocycles. The zero-order valence-electron chi connectivity index (χ0n) is 7.10. The fourth-order valence-electron chi connectivity index (χ4n) is 1.65. The molecule has 0 bridgehead atoms. The molecule has 3 heteroatoms. The van der Waals surface area contributed by atoms with Crippen molar-refractivity contribution in [2.45, 2.75) is 12.8 Å². The van der Waals surface area contributed by atoms with Gasteiger partial charge in [-0.3, -0.25) is 0 Å². The van der Waals surface area contributed by atoms with Crippen molar-refractivity contribution in [1.82, 2.24) is 0 Å². The predicted octanol–water partition coefficient (Wildman–Crippen LogP) is 2.57. The van der Waals surface area contributed by atoms with E-state index in [0.29, 0.717) is 10.6 Å². The topological polar surface area (TPSA) is 35.8 Å². The first-order chi connectivity index (χ1) is 6.31. The van der Waals surface area contributed by atoms with Gasteiger partial charge in [0.1, 0.15) is 6.07 Å². The van der Waals surface area contributed by atoms with Crippen LogP contribution in [0.15, 0.2) is 12.1 Å². The number of fused-ring (bicyclic) bond motifs is 1. The maximum atomic E-state index is 8.87. The molecule has 66 valence electrons. The maximum Gasteiger partial charge on any atom is 0.101 e. The summed E-state index contributed by atoms with van der Waals surface area (Å²) in [6.07, 6.45) is 2.12. The Bertz CT molecular complexity index is 379. The first kappa shape index (κ1) is 8.40. The second-order valence-electron chi connectivity index (χ2n) is 3.13. The van der Waals surface area contributed by atoms with Gasteiger partial charge in [-0.2, -0.15) is 5.26 Å². The number of hydrogen-bond donors (Lipinski definition) is 1. The third kappa shape index (κ3) is 1.48. The molecule has 0 amide bonds. The molecule has 1 aliphatic heterocycles. The lowest BCUT2D eigenvalue weighted by Crippen LogP contribution is -2.12. The number of halogens is 1. The summed E-state index contributed by atoms with van der Waals surface area (Å²) in [7, 11) is 0. The largest absolute Gasteiger partial charge is 0.384 e. The second-order valence-corrected chi connectivity index (χ2v) is 3.57. The van der Waals surface area contributed by atoms with E-state index in [1.165, 1.54) is 0 Å². The van der Waals surface area contributed by atoms with Crippen LogP contribution in [-0.4, -0.2) is 6.54 Å². The predicted molar refractivity (Wildman–Crippen MR) is 53.0 cm³/mol. The number of hydrogen-bond acceptors (Lipinski definition) is 2. The van der Waals surface area contributed by atoms with E-state index in [0.717, 1.165) is 30.6 Å². The summed E-state index contributed by atoms with van der Waals surface area (Å²) in [5.74, 6) is 0. The van der Waals surface area contributed by atoms with E-state index in [1.54, 1.807) is 6.07 Å². The zero-order chi connectivity index (χ0) is 9.26. The molecule has 0 saturated carbocycles. The average molecular weight is 193 g/mol. The molecule has 0 unspecified atom stereocenters. The summed E-state index contributed by atoms with van der Waals surface area (Å²) >= 11 is 5.88. The van der Waals surface area contributed by atoms with Gasteiger partial charge in [0.25, 0.3) is 0 Å². The third-order valence-electron chi connectivity index (χ3n) is 2.23. The fraction of sp³-hybridized carbons (Fsp3) is 0.300. The van der Waals surface area contributed by atoms with Gasteiger partial charge >= 0.3 is 0 Å². The minimum atomic E-state index is 0.652. The van der Waals surface area contributed by atoms with Gasteiger partial charge < -0.3 is 5.32 Å². The van der Waals surface area contributed by atoms with Crippen molar-refractivity contribution >= 4 is 17.3 Å². The monoisotopic (exact) mass is 192 g/mol. The molecule has 1 heterocycles. The van der Waals surface area contributed by atoms with E-state index in [-0.39, 0.29) is 0 Å². The Morgan fingerprint density at radius 3 is 3.08 bits per heavy atom. The Kier molecular flexibility index (Phi) is 2.12. The summed E-state index contributed by atoms with van der Waals surface area (Å²) < 4.78 is 0. The van der Waals surface area contributed by atoms with Crippen LogP contribution in [0.4, 0.5) is 5.69 Å². The molecule has 0 atom stereocenters. The summed E-state index contributed by atoms with van der Waals surface area (Å²) in [4.78, 5) is 0. The molecule has 0 saturated heterocycles. The quantitative estimate of drug-likeness (QED) is 0.686. The lowest BCUT2D eigenvalue weighted by Gasteiger charge is -2.19. The maximum absolute atomic E-state index is 8.87. The molecule has 1 aromatic rings. The van der Waals surface area contributed by atoms with Gasteiger partial charge in [-0.15, -0.1) is 0 Å². The highest BCUT2D eigenvalue weighted by atomic mass is 35.5. The molecule has 13 heavy (non-hydrogen) atoms. The number of nitrogens with one attached hydrogen (secondary N) is 1. The van der Waals surface area contributed by atoms with E-state index in [9.17, 15) is 0 Å². The average Bonchev–Trinajstić information content (AvgIpc) is 2.16. The SMILES string of the molecule is N#Cc1cc(Cl)cc2c1NCCC2. The first-order valence-corrected chi connectivity index (χ1v) is 4.65. The van der Waals surface area contributed by atoms with Crippen LogP contribution < -0.4 is 5.32 Å². The Hall–Kier alpha value is -1.20. The fourth-order valence-corrected chi connectivity index (χ4v) is 1.89. The zero-order valence-corrected chi connectivity index (χ0v) is 7.86. The van der Waals surface area contributed by atoms with Gasteiger partial charge in [-0.25, -0.2) is 0 Å². The van der Waals surface area contributed by atoms with E-state index < -0.39 is 0 Å². The molecule has 0 aromatic heterocycles. The highest BCUT2D eigenvalue weighted by molar-refractivity contribution is 6.30. The number of anilines is 1. The molecule has 1 N–H and O–H groups in total. The van der Waals surface area contributed by atoms with Crippen molar-refractivity contribution in [3.05, 3.63) is 28.3 Å². The lowest BCUT2D eigenvalue weighted by molar-refractivity contribution is 0.829. The molecule has 1 aliphatic rings. The summed E-state index contributed by atoms with van der Waals surface area (Å²) in [5.41, 5.74) is 2.79. The van der Waals surface area contributed by atoms with Crippen LogP contribution in [0.1, 0.15) is 17.5 Å². The standard InChI is InChI=1S/C10H9ClN2/c11-9-4-7-2-1-3-13-10(7)8(5-9)6-12/h4-5,13H,1-3H2. The van der Waals surface area contributed by atoms with Gasteiger partial charge in [0, 0.05) is 11.6 Å². The molecule has 2 rings (SSSR count). The van der Waals surface area contributed by atoms with Gasteiger partial charge in [0.2, 0.25) is 0 Å². The van der Waals surface area contributed by atoms with Crippen LogP contribution >= 0.6 is 11.6 Å². The van der Waals surface area contributed by atoms with Gasteiger partial charge in [0.05, 0.1) is 11.3 Å². The van der Waals surface area contributed by atoms with Gasteiger partial charge in [-0.1, -0.05) is 11.6 Å². The van der Waals surface area contributed by atoms with Crippen molar-refractivity contribution in [1.29, 1.82) is 5.26 Å². The third-order valence-corrected chi connectivity index (χ3v) is 2.45. The van der Waals surface area contributed by atoms with Crippen LogP contribution in [0.2, 0.25) is 5.02 Å². The smallest absolute Gasteiger partial charge is 0.101 e. The van der Waals surface area contributed by atoms with Crippen molar-refractivity contribution in [3.8, 4) is 6.07 Å². The molecule has 0 spiro atoms. The minimum absolute atomic E-state index is 0.652. The molecule has 0 radical (unpaired) electrons. The molecule has 0 aliphatic carbocycles. The number of nitriles is 1. The van der Waals surface area contributed by atoms with Crippen molar-refractivity contribution in [3.63, 3.8) is 0 Å². The number of benzene rings is 1. The van der Waals surface area contributed by atoms with Crippen LogP contribution in [-0.2, 0) is 6.42 Å². The van der Waals surface area contributed by atoms with Gasteiger partial charge in [0.15, 0.2) is 0 Å². The number of aryl methyl sites for hydroxylation is 1. The lowest BCUT2D eigenvalue weighted by atomic mass is 10.00. The summed E-state index contributed by atoms with van der Waals surface area (Å²) in [5, 5.41) is 12.7. The van der Waals surface area contributed by atoms with Gasteiger partial charge in [-0.05, 0) is 30.5 Å². The van der Waals surface area contributed by atoms with E-state index in [4.69, 9.17) is 16.9 Å². The normalized spacial score (nSPS) is 14.2. The summed E-state index contributed by atoms with van der Waals surface area (Å²) in [6, 6.07) is 5.79. The minimum Gasteiger partial charge on any atom is -0.384 e. The molecule has 0 fully saturated rings. The van der Waals surface area contributed by atoms with Crippen molar-refractivity contribution in [2.75, 3.05) is 11.9 Å². The Labute approximate surface area is 82.1 Å². The molecular weight excluding hydrogens is 184 g/mol. The Morgan fingerprint density at radius 1 is 1.46 bits per heavy atom. The Morgan fingerprint density at radius 2 is 2.31 bits per heavy atom. The number of rotatable bonds is 0. The summed E-state index contributed by atoms with van der Waals surface area (Å²) in [6.45, 7) is 0.948. The van der Waals surface area contributed by atoms with E-state index in [2.05, 4.69) is 11.4 Å². The van der Waals surface area contributed by atoms with Crippen molar-refractivity contribution in [2.24, 2.45) is 0 Å². The van der Waals surface area contributed by atoms with E-state index in [1.807, 2.05) is 6.07 Å². The van der Waals surface area contributed by atoms with Crippen molar-refractivity contribution < 1.29 is 0 Å². The highest BCUT2D eigenvalue weighted by Crippen LogP contribution is 2.29. The second kappa shape index (κ2) is 3.27. The Balaban J connectivity index is 2.58. The highest BCUT2D eigenvalue weighted by Gasteiger charge is 2.13. The van der Waals surface area contributed by atoms with Crippen LogP contribution in [0.25, 0.3) is 0 Å². The first-order valence-electron chi connectivity index (χ1n) is 4.27. The molecular formula is C10H9ClN2. The van der Waals surface area contributed by atoms with Crippen LogP contribution in [0.3, 0.4) is 0 Å². The molecule has 2 nitrogen and oxygen atoms in total. The van der Waals surface area contributed by atoms with E-state index >= 15 is 0 Å². The van der Waals surface area contributed by atoms with Crippen LogP contribution in [0.5, 0.6) is 0 Å². The van der Waals surface area contributed by atoms with Crippen LogP contribution in [0, 0.1) is 11.3 Å². The number of nitrogens with zero attached hydrogens (tertiary/aromatic N) is 1.